The van der Waals surface area contributed by atoms with Crippen LogP contribution in [0.15, 0.2) is 24.3 Å². The fourth-order valence-electron chi connectivity index (χ4n) is 2.45. The van der Waals surface area contributed by atoms with Gasteiger partial charge in [-0.2, -0.15) is 5.26 Å². The number of nitrogens with two attached hydrogens (primary N) is 1. The Hall–Kier alpha value is -2.39. The first kappa shape index (κ1) is 15.0. The molecule has 2 amide bonds. The standard InChI is InChI=1S/C15H18N4O2/c16-9-11-2-1-3-12(8-11)15(21)18-13-4-6-19(7-5-13)10-14(17)20/h1-3,8,13H,4-7,10H2,(H2,17,20)(H,18,21). The van der Waals surface area contributed by atoms with Gasteiger partial charge in [-0.25, -0.2) is 0 Å². The maximum atomic E-state index is 12.1. The van der Waals surface area contributed by atoms with Gasteiger partial charge in [0.2, 0.25) is 5.91 Å². The van der Waals surface area contributed by atoms with Gasteiger partial charge in [0, 0.05) is 24.7 Å². The summed E-state index contributed by atoms with van der Waals surface area (Å²) in [7, 11) is 0. The van der Waals surface area contributed by atoms with E-state index in [2.05, 4.69) is 5.32 Å². The van der Waals surface area contributed by atoms with Crippen LogP contribution in [0.25, 0.3) is 0 Å². The van der Waals surface area contributed by atoms with Crippen molar-refractivity contribution in [1.82, 2.24) is 10.2 Å². The van der Waals surface area contributed by atoms with E-state index >= 15 is 0 Å². The number of amides is 2. The Bertz CT molecular complexity index is 571. The van der Waals surface area contributed by atoms with Gasteiger partial charge >= 0.3 is 0 Å². The number of carbonyl (C=O) groups excluding carboxylic acids is 2. The van der Waals surface area contributed by atoms with E-state index in [4.69, 9.17) is 11.0 Å². The summed E-state index contributed by atoms with van der Waals surface area (Å²) in [5, 5.41) is 11.8. The molecule has 1 aliphatic rings. The number of piperidine rings is 1. The normalized spacial score (nSPS) is 16.1. The zero-order valence-corrected chi connectivity index (χ0v) is 11.7. The third-order valence-corrected chi connectivity index (χ3v) is 3.56. The number of hydrogen-bond donors (Lipinski definition) is 2. The van der Waals surface area contributed by atoms with Gasteiger partial charge in [-0.1, -0.05) is 6.07 Å². The van der Waals surface area contributed by atoms with E-state index in [0.717, 1.165) is 25.9 Å². The highest BCUT2D eigenvalue weighted by Gasteiger charge is 2.21. The van der Waals surface area contributed by atoms with E-state index in [-0.39, 0.29) is 24.4 Å². The van der Waals surface area contributed by atoms with Gasteiger partial charge in [0.1, 0.15) is 0 Å². The van der Waals surface area contributed by atoms with Gasteiger partial charge in [0.05, 0.1) is 18.2 Å². The molecule has 0 bridgehead atoms. The number of hydrogen-bond acceptors (Lipinski definition) is 4. The molecule has 0 unspecified atom stereocenters. The van der Waals surface area contributed by atoms with Crippen molar-refractivity contribution in [3.63, 3.8) is 0 Å². The summed E-state index contributed by atoms with van der Waals surface area (Å²) in [6.45, 7) is 1.75. The van der Waals surface area contributed by atoms with Crippen LogP contribution in [0.5, 0.6) is 0 Å². The lowest BCUT2D eigenvalue weighted by atomic mass is 10.0. The molecular weight excluding hydrogens is 268 g/mol. The van der Waals surface area contributed by atoms with Crippen LogP contribution in [-0.2, 0) is 4.79 Å². The Morgan fingerprint density at radius 2 is 2.10 bits per heavy atom. The lowest BCUT2D eigenvalue weighted by Crippen LogP contribution is -2.46. The van der Waals surface area contributed by atoms with Crippen molar-refractivity contribution >= 4 is 11.8 Å². The van der Waals surface area contributed by atoms with Crippen molar-refractivity contribution in [2.75, 3.05) is 19.6 Å². The zero-order valence-electron chi connectivity index (χ0n) is 11.7. The summed E-state index contributed by atoms with van der Waals surface area (Å²) in [5.41, 5.74) is 6.13. The van der Waals surface area contributed by atoms with Crippen LogP contribution in [0.4, 0.5) is 0 Å². The molecule has 1 saturated heterocycles. The number of nitrogens with zero attached hydrogens (tertiary/aromatic N) is 2. The molecule has 21 heavy (non-hydrogen) atoms. The van der Waals surface area contributed by atoms with Crippen molar-refractivity contribution in [3.8, 4) is 6.07 Å². The number of likely N-dealkylation sites (tertiary alicyclic amines) is 1. The molecule has 1 fully saturated rings. The summed E-state index contributed by atoms with van der Waals surface area (Å²) in [6, 6.07) is 8.75. The van der Waals surface area contributed by atoms with E-state index in [1.807, 2.05) is 11.0 Å². The van der Waals surface area contributed by atoms with E-state index < -0.39 is 0 Å². The fraction of sp³-hybridized carbons (Fsp3) is 0.400. The molecule has 110 valence electrons. The van der Waals surface area contributed by atoms with Crippen molar-refractivity contribution in [3.05, 3.63) is 35.4 Å². The second-order valence-corrected chi connectivity index (χ2v) is 5.18. The summed E-state index contributed by atoms with van der Waals surface area (Å²) in [6.07, 6.45) is 1.58. The third-order valence-electron chi connectivity index (χ3n) is 3.56. The number of nitriles is 1. The molecule has 0 saturated carbocycles. The summed E-state index contributed by atoms with van der Waals surface area (Å²) in [4.78, 5) is 25.0. The van der Waals surface area contributed by atoms with Crippen LogP contribution >= 0.6 is 0 Å². The molecule has 1 heterocycles. The maximum absolute atomic E-state index is 12.1. The van der Waals surface area contributed by atoms with Crippen molar-refractivity contribution in [2.45, 2.75) is 18.9 Å². The van der Waals surface area contributed by atoms with Gasteiger partial charge < -0.3 is 11.1 Å². The Balaban J connectivity index is 1.87. The summed E-state index contributed by atoms with van der Waals surface area (Å²) < 4.78 is 0. The molecule has 0 radical (unpaired) electrons. The predicted octanol–water partition coefficient (Wildman–Crippen LogP) is 0.238. The second kappa shape index (κ2) is 6.86. The first-order chi connectivity index (χ1) is 10.1. The van der Waals surface area contributed by atoms with Crippen LogP contribution in [0.2, 0.25) is 0 Å². The molecule has 6 nitrogen and oxygen atoms in total. The Morgan fingerprint density at radius 3 is 2.71 bits per heavy atom. The predicted molar refractivity (Wildman–Crippen MR) is 77.3 cm³/mol. The molecule has 6 heteroatoms. The second-order valence-electron chi connectivity index (χ2n) is 5.18. The minimum Gasteiger partial charge on any atom is -0.369 e. The largest absolute Gasteiger partial charge is 0.369 e. The van der Waals surface area contributed by atoms with Gasteiger partial charge in [-0.3, -0.25) is 14.5 Å². The fourth-order valence-corrected chi connectivity index (χ4v) is 2.45. The van der Waals surface area contributed by atoms with Crippen molar-refractivity contribution in [2.24, 2.45) is 5.73 Å². The van der Waals surface area contributed by atoms with Gasteiger partial charge in [-0.15, -0.1) is 0 Å². The SMILES string of the molecule is N#Cc1cccc(C(=O)NC2CCN(CC(N)=O)CC2)c1. The number of benzene rings is 1. The molecule has 0 aromatic heterocycles. The Morgan fingerprint density at radius 1 is 1.38 bits per heavy atom. The summed E-state index contributed by atoms with van der Waals surface area (Å²) in [5.74, 6) is -0.494. The van der Waals surface area contributed by atoms with Crippen LogP contribution in [0.1, 0.15) is 28.8 Å². The van der Waals surface area contributed by atoms with Crippen LogP contribution < -0.4 is 11.1 Å². The molecule has 0 aliphatic carbocycles. The van der Waals surface area contributed by atoms with Gasteiger partial charge in [-0.05, 0) is 31.0 Å². The van der Waals surface area contributed by atoms with Gasteiger partial charge in [0.15, 0.2) is 0 Å². The number of primary amides is 1. The molecule has 1 aliphatic heterocycles. The summed E-state index contributed by atoms with van der Waals surface area (Å²) >= 11 is 0. The quantitative estimate of drug-likeness (QED) is 0.828. The molecule has 1 aromatic carbocycles. The van der Waals surface area contributed by atoms with E-state index in [1.165, 1.54) is 0 Å². The smallest absolute Gasteiger partial charge is 0.251 e. The first-order valence-electron chi connectivity index (χ1n) is 6.90. The topological polar surface area (TPSA) is 99.2 Å². The van der Waals surface area contributed by atoms with Crippen LogP contribution in [-0.4, -0.2) is 42.4 Å². The molecule has 1 aromatic rings. The van der Waals surface area contributed by atoms with Crippen LogP contribution in [0.3, 0.4) is 0 Å². The Labute approximate surface area is 123 Å². The molecule has 0 atom stereocenters. The highest BCUT2D eigenvalue weighted by atomic mass is 16.2. The number of carbonyl (C=O) groups is 2. The van der Waals surface area contributed by atoms with E-state index in [1.54, 1.807) is 24.3 Å². The molecule has 2 rings (SSSR count). The monoisotopic (exact) mass is 286 g/mol. The molecule has 0 spiro atoms. The van der Waals surface area contributed by atoms with E-state index in [0.29, 0.717) is 11.1 Å². The van der Waals surface area contributed by atoms with E-state index in [9.17, 15) is 9.59 Å². The lowest BCUT2D eigenvalue weighted by molar-refractivity contribution is -0.119. The average molecular weight is 286 g/mol. The highest BCUT2D eigenvalue weighted by molar-refractivity contribution is 5.94. The highest BCUT2D eigenvalue weighted by Crippen LogP contribution is 2.11. The zero-order chi connectivity index (χ0) is 15.2. The third kappa shape index (κ3) is 4.29. The number of nitrogens with one attached hydrogen (secondary N) is 1. The minimum absolute atomic E-state index is 0.0902. The molecule has 3 N–H and O–H groups in total. The lowest BCUT2D eigenvalue weighted by Gasteiger charge is -2.31. The number of rotatable bonds is 4. The maximum Gasteiger partial charge on any atom is 0.251 e. The minimum atomic E-state index is -0.328. The van der Waals surface area contributed by atoms with Crippen molar-refractivity contribution < 1.29 is 9.59 Å². The van der Waals surface area contributed by atoms with Crippen molar-refractivity contribution in [1.29, 1.82) is 5.26 Å². The Kier molecular flexibility index (Phi) is 4.90. The average Bonchev–Trinajstić information content (AvgIpc) is 2.49. The molecular formula is C15H18N4O2. The van der Waals surface area contributed by atoms with Gasteiger partial charge in [0.25, 0.3) is 5.91 Å². The van der Waals surface area contributed by atoms with Crippen LogP contribution in [0, 0.1) is 11.3 Å². The first-order valence-corrected chi connectivity index (χ1v) is 6.90.